The monoisotopic (exact) mass is 250 g/mol. The summed E-state index contributed by atoms with van der Waals surface area (Å²) in [6.07, 6.45) is 0. The second-order valence-electron chi connectivity index (χ2n) is 2.22. The van der Waals surface area contributed by atoms with Crippen molar-refractivity contribution in [1.29, 1.82) is 0 Å². The van der Waals surface area contributed by atoms with Crippen LogP contribution in [0.1, 0.15) is 10.4 Å². The first-order chi connectivity index (χ1) is 6.06. The van der Waals surface area contributed by atoms with Crippen molar-refractivity contribution in [2.45, 2.75) is 0 Å². The van der Waals surface area contributed by atoms with Crippen LogP contribution in [0, 0.1) is 11.6 Å². The third-order valence-corrected chi connectivity index (χ3v) is 1.99. The smallest absolute Gasteiger partial charge is 0.268 e. The van der Waals surface area contributed by atoms with Crippen LogP contribution in [0.2, 0.25) is 0 Å². The van der Waals surface area contributed by atoms with Crippen molar-refractivity contribution >= 4 is 21.8 Å². The standard InChI is InChI=1S/C7H5BrF2N2O/c8-4-1-3(7(13)12-11)5(9)2-6(4)10/h1-2H,11H2,(H,12,13). The van der Waals surface area contributed by atoms with Gasteiger partial charge in [0.05, 0.1) is 10.0 Å². The lowest BCUT2D eigenvalue weighted by Crippen LogP contribution is -2.30. The number of hydrazine groups is 1. The van der Waals surface area contributed by atoms with E-state index in [0.717, 1.165) is 6.07 Å². The number of hydrogen-bond donors (Lipinski definition) is 2. The summed E-state index contributed by atoms with van der Waals surface area (Å²) in [6, 6.07) is 1.63. The fraction of sp³-hybridized carbons (Fsp3) is 0. The van der Waals surface area contributed by atoms with Gasteiger partial charge in [0, 0.05) is 6.07 Å². The predicted octanol–water partition coefficient (Wildman–Crippen LogP) is 1.33. The second-order valence-corrected chi connectivity index (χ2v) is 3.07. The Morgan fingerprint density at radius 3 is 2.54 bits per heavy atom. The van der Waals surface area contributed by atoms with E-state index >= 15 is 0 Å². The zero-order valence-electron chi connectivity index (χ0n) is 6.27. The number of carbonyl (C=O) groups excluding carboxylic acids is 1. The molecule has 1 aromatic rings. The summed E-state index contributed by atoms with van der Waals surface area (Å²) in [5, 5.41) is 0. The van der Waals surface area contributed by atoms with E-state index in [1.165, 1.54) is 0 Å². The molecule has 0 unspecified atom stereocenters. The fourth-order valence-corrected chi connectivity index (χ4v) is 1.12. The highest BCUT2D eigenvalue weighted by atomic mass is 79.9. The second kappa shape index (κ2) is 3.80. The van der Waals surface area contributed by atoms with E-state index in [0.29, 0.717) is 6.07 Å². The molecule has 0 aliphatic carbocycles. The maximum Gasteiger partial charge on any atom is 0.268 e. The Morgan fingerprint density at radius 1 is 1.38 bits per heavy atom. The van der Waals surface area contributed by atoms with Crippen molar-refractivity contribution in [3.8, 4) is 0 Å². The lowest BCUT2D eigenvalue weighted by Gasteiger charge is -2.02. The molecule has 0 saturated heterocycles. The maximum atomic E-state index is 12.9. The Hall–Kier alpha value is -1.01. The topological polar surface area (TPSA) is 55.1 Å². The Kier molecular flexibility index (Phi) is 2.94. The van der Waals surface area contributed by atoms with Crippen molar-refractivity contribution in [2.75, 3.05) is 0 Å². The minimum absolute atomic E-state index is 0.00694. The van der Waals surface area contributed by atoms with Gasteiger partial charge >= 0.3 is 0 Å². The van der Waals surface area contributed by atoms with Crippen molar-refractivity contribution in [3.05, 3.63) is 33.8 Å². The first-order valence-corrected chi connectivity index (χ1v) is 4.01. The molecule has 0 aliphatic heterocycles. The Balaban J connectivity index is 3.23. The van der Waals surface area contributed by atoms with Crippen LogP contribution >= 0.6 is 15.9 Å². The first kappa shape index (κ1) is 10.1. The molecular weight excluding hydrogens is 246 g/mol. The van der Waals surface area contributed by atoms with Gasteiger partial charge in [-0.25, -0.2) is 14.6 Å². The zero-order chi connectivity index (χ0) is 10.0. The maximum absolute atomic E-state index is 12.9. The molecule has 0 saturated carbocycles. The number of nitrogen functional groups attached to an aromatic ring is 1. The quantitative estimate of drug-likeness (QED) is 0.342. The summed E-state index contributed by atoms with van der Waals surface area (Å²) < 4.78 is 25.6. The van der Waals surface area contributed by atoms with E-state index in [2.05, 4.69) is 15.9 Å². The van der Waals surface area contributed by atoms with Gasteiger partial charge in [-0.05, 0) is 22.0 Å². The van der Waals surface area contributed by atoms with Crippen LogP contribution in [0.3, 0.4) is 0 Å². The number of nitrogens with one attached hydrogen (secondary N) is 1. The van der Waals surface area contributed by atoms with Crippen LogP contribution in [0.4, 0.5) is 8.78 Å². The number of hydrogen-bond acceptors (Lipinski definition) is 2. The van der Waals surface area contributed by atoms with Crippen LogP contribution in [-0.2, 0) is 0 Å². The minimum atomic E-state index is -0.955. The molecule has 0 bridgehead atoms. The van der Waals surface area contributed by atoms with Gasteiger partial charge in [-0.3, -0.25) is 10.2 Å². The highest BCUT2D eigenvalue weighted by molar-refractivity contribution is 9.10. The van der Waals surface area contributed by atoms with Crippen LogP contribution in [0.25, 0.3) is 0 Å². The summed E-state index contributed by atoms with van der Waals surface area (Å²) in [6.45, 7) is 0. The van der Waals surface area contributed by atoms with Gasteiger partial charge in [0.1, 0.15) is 11.6 Å². The molecule has 6 heteroatoms. The number of benzene rings is 1. The minimum Gasteiger partial charge on any atom is -0.290 e. The van der Waals surface area contributed by atoms with Crippen molar-refractivity contribution in [1.82, 2.24) is 5.43 Å². The Bertz CT molecular complexity index is 357. The lowest BCUT2D eigenvalue weighted by molar-refractivity contribution is 0.0949. The third kappa shape index (κ3) is 2.02. The summed E-state index contributed by atoms with van der Waals surface area (Å²) in [5.41, 5.74) is 1.44. The molecule has 0 heterocycles. The number of amides is 1. The van der Waals surface area contributed by atoms with Gasteiger partial charge in [0.2, 0.25) is 0 Å². The average molecular weight is 251 g/mol. The predicted molar refractivity (Wildman–Crippen MR) is 45.7 cm³/mol. The zero-order valence-corrected chi connectivity index (χ0v) is 7.86. The third-order valence-electron chi connectivity index (χ3n) is 1.39. The van der Waals surface area contributed by atoms with Crippen LogP contribution in [-0.4, -0.2) is 5.91 Å². The molecule has 13 heavy (non-hydrogen) atoms. The molecule has 0 aromatic heterocycles. The number of nitrogens with two attached hydrogens (primary N) is 1. The van der Waals surface area contributed by atoms with Crippen LogP contribution < -0.4 is 11.3 Å². The molecule has 3 nitrogen and oxygen atoms in total. The molecule has 70 valence electrons. The van der Waals surface area contributed by atoms with Gasteiger partial charge in [-0.2, -0.15) is 0 Å². The van der Waals surface area contributed by atoms with E-state index < -0.39 is 17.5 Å². The molecule has 0 fully saturated rings. The molecule has 1 amide bonds. The molecular formula is C7H5BrF2N2O. The van der Waals surface area contributed by atoms with E-state index in [1.54, 1.807) is 5.43 Å². The van der Waals surface area contributed by atoms with Gasteiger partial charge in [-0.15, -0.1) is 0 Å². The van der Waals surface area contributed by atoms with Gasteiger partial charge in [0.25, 0.3) is 5.91 Å². The highest BCUT2D eigenvalue weighted by Crippen LogP contribution is 2.19. The van der Waals surface area contributed by atoms with E-state index in [4.69, 9.17) is 5.84 Å². The highest BCUT2D eigenvalue weighted by Gasteiger charge is 2.13. The van der Waals surface area contributed by atoms with Crippen molar-refractivity contribution in [2.24, 2.45) is 5.84 Å². The van der Waals surface area contributed by atoms with Gasteiger partial charge in [0.15, 0.2) is 0 Å². The summed E-state index contributed by atoms with van der Waals surface area (Å²) in [7, 11) is 0. The van der Waals surface area contributed by atoms with E-state index in [-0.39, 0.29) is 10.0 Å². The van der Waals surface area contributed by atoms with Gasteiger partial charge in [-0.1, -0.05) is 0 Å². The fourth-order valence-electron chi connectivity index (χ4n) is 0.774. The first-order valence-electron chi connectivity index (χ1n) is 3.21. The van der Waals surface area contributed by atoms with Crippen molar-refractivity contribution in [3.63, 3.8) is 0 Å². The lowest BCUT2D eigenvalue weighted by atomic mass is 10.2. The molecule has 0 atom stereocenters. The number of rotatable bonds is 1. The van der Waals surface area contributed by atoms with E-state index in [1.807, 2.05) is 0 Å². The van der Waals surface area contributed by atoms with Crippen LogP contribution in [0.5, 0.6) is 0 Å². The molecule has 1 rings (SSSR count). The summed E-state index contributed by atoms with van der Waals surface area (Å²) >= 11 is 2.82. The molecule has 1 aromatic carbocycles. The molecule has 0 aliphatic rings. The number of halogens is 3. The largest absolute Gasteiger partial charge is 0.290 e. The molecule has 3 N–H and O–H groups in total. The SMILES string of the molecule is NNC(=O)c1cc(Br)c(F)cc1F. The van der Waals surface area contributed by atoms with Crippen LogP contribution in [0.15, 0.2) is 16.6 Å². The van der Waals surface area contributed by atoms with E-state index in [9.17, 15) is 13.6 Å². The summed E-state index contributed by atoms with van der Waals surface area (Å²) in [5.74, 6) is 2.25. The molecule has 0 radical (unpaired) electrons. The Labute approximate surface area is 81.0 Å². The average Bonchev–Trinajstić information content (AvgIpc) is 2.10. The van der Waals surface area contributed by atoms with Gasteiger partial charge < -0.3 is 0 Å². The normalized spacial score (nSPS) is 9.85. The Morgan fingerprint density at radius 2 is 2.00 bits per heavy atom. The molecule has 0 spiro atoms. The summed E-state index contributed by atoms with van der Waals surface area (Å²) in [4.78, 5) is 10.9. The van der Waals surface area contributed by atoms with Crippen molar-refractivity contribution < 1.29 is 13.6 Å². The number of carbonyl (C=O) groups is 1.